The summed E-state index contributed by atoms with van der Waals surface area (Å²) in [7, 11) is 0. The first-order chi connectivity index (χ1) is 14.0. The highest BCUT2D eigenvalue weighted by atomic mass is 16.4. The average Bonchev–Trinajstić information content (AvgIpc) is 3.04. The van der Waals surface area contributed by atoms with Crippen molar-refractivity contribution in [1.29, 1.82) is 0 Å². The van der Waals surface area contributed by atoms with E-state index in [1.54, 1.807) is 0 Å². The van der Waals surface area contributed by atoms with Gasteiger partial charge in [-0.05, 0) is 43.9 Å². The Bertz CT molecular complexity index is 1030. The lowest BCUT2D eigenvalue weighted by molar-refractivity contribution is 0.0684. The van der Waals surface area contributed by atoms with Crippen LogP contribution in [0.1, 0.15) is 64.8 Å². The van der Waals surface area contributed by atoms with Gasteiger partial charge >= 0.3 is 5.97 Å². The number of aromatic nitrogens is 1. The Morgan fingerprint density at radius 1 is 1.10 bits per heavy atom. The largest absolute Gasteiger partial charge is 0.477 e. The van der Waals surface area contributed by atoms with Crippen LogP contribution in [-0.2, 0) is 13.1 Å². The third-order valence-electron chi connectivity index (χ3n) is 6.28. The smallest absolute Gasteiger partial charge is 0.352 e. The minimum absolute atomic E-state index is 0.412. The Morgan fingerprint density at radius 2 is 1.86 bits per heavy atom. The topological polar surface area (TPSA) is 54.3 Å². The molecular formula is C25H30N2O2. The van der Waals surface area contributed by atoms with Gasteiger partial charge in [-0.3, -0.25) is 0 Å². The number of aromatic carboxylic acids is 1. The van der Waals surface area contributed by atoms with E-state index in [9.17, 15) is 9.90 Å². The molecule has 29 heavy (non-hydrogen) atoms. The molecule has 152 valence electrons. The number of nitrogens with zero attached hydrogens (tertiary/aromatic N) is 1. The van der Waals surface area contributed by atoms with Gasteiger partial charge in [0.25, 0.3) is 0 Å². The molecule has 3 aromatic rings. The lowest BCUT2D eigenvalue weighted by Crippen LogP contribution is -2.31. The maximum Gasteiger partial charge on any atom is 0.352 e. The zero-order valence-corrected chi connectivity index (χ0v) is 17.4. The van der Waals surface area contributed by atoms with Gasteiger partial charge in [-0.25, -0.2) is 4.79 Å². The molecule has 0 bridgehead atoms. The quantitative estimate of drug-likeness (QED) is 0.590. The van der Waals surface area contributed by atoms with Gasteiger partial charge in [0.1, 0.15) is 5.69 Å². The van der Waals surface area contributed by atoms with Crippen LogP contribution in [0.4, 0.5) is 0 Å². The first-order valence-electron chi connectivity index (χ1n) is 10.7. The van der Waals surface area contributed by atoms with Crippen molar-refractivity contribution in [1.82, 2.24) is 9.88 Å². The molecule has 4 heteroatoms. The SMILES string of the molecule is Cc1ccc(C)c(Cn2c(C(=O)O)c(CNC3CCCCC3)c3ccccc32)c1. The van der Waals surface area contributed by atoms with Crippen LogP contribution in [0.25, 0.3) is 10.9 Å². The van der Waals surface area contributed by atoms with Gasteiger partial charge in [0, 0.05) is 35.6 Å². The monoisotopic (exact) mass is 390 g/mol. The fourth-order valence-electron chi connectivity index (χ4n) is 4.66. The fourth-order valence-corrected chi connectivity index (χ4v) is 4.66. The van der Waals surface area contributed by atoms with Crippen LogP contribution in [-0.4, -0.2) is 21.7 Å². The minimum Gasteiger partial charge on any atom is -0.477 e. The van der Waals surface area contributed by atoms with E-state index in [2.05, 4.69) is 43.4 Å². The molecule has 0 amide bonds. The number of benzene rings is 2. The summed E-state index contributed by atoms with van der Waals surface area (Å²) >= 11 is 0. The molecule has 0 spiro atoms. The van der Waals surface area contributed by atoms with Crippen molar-refractivity contribution in [2.24, 2.45) is 0 Å². The number of aryl methyl sites for hydroxylation is 2. The van der Waals surface area contributed by atoms with Crippen molar-refractivity contribution < 1.29 is 9.90 Å². The highest BCUT2D eigenvalue weighted by Gasteiger charge is 2.23. The van der Waals surface area contributed by atoms with Crippen LogP contribution in [0.5, 0.6) is 0 Å². The second-order valence-electron chi connectivity index (χ2n) is 8.38. The first kappa shape index (κ1) is 19.7. The van der Waals surface area contributed by atoms with Gasteiger partial charge < -0.3 is 15.0 Å². The van der Waals surface area contributed by atoms with E-state index in [0.717, 1.165) is 16.5 Å². The maximum atomic E-state index is 12.4. The Hall–Kier alpha value is -2.59. The predicted molar refractivity (Wildman–Crippen MR) is 118 cm³/mol. The van der Waals surface area contributed by atoms with E-state index in [1.165, 1.54) is 48.8 Å². The maximum absolute atomic E-state index is 12.4. The second-order valence-corrected chi connectivity index (χ2v) is 8.38. The summed E-state index contributed by atoms with van der Waals surface area (Å²) in [6, 6.07) is 15.0. The number of carboxylic acids is 1. The van der Waals surface area contributed by atoms with Gasteiger partial charge in [-0.1, -0.05) is 61.2 Å². The number of hydrogen-bond acceptors (Lipinski definition) is 2. The number of carbonyl (C=O) groups is 1. The summed E-state index contributed by atoms with van der Waals surface area (Å²) in [6.07, 6.45) is 6.20. The van der Waals surface area contributed by atoms with Crippen LogP contribution in [0.3, 0.4) is 0 Å². The fraction of sp³-hybridized carbons (Fsp3) is 0.400. The molecule has 1 aliphatic rings. The molecule has 1 heterocycles. The van der Waals surface area contributed by atoms with E-state index >= 15 is 0 Å². The molecule has 1 fully saturated rings. The molecule has 1 aliphatic carbocycles. The van der Waals surface area contributed by atoms with Crippen LogP contribution < -0.4 is 5.32 Å². The summed E-state index contributed by atoms with van der Waals surface area (Å²) in [4.78, 5) is 12.4. The predicted octanol–water partition coefficient (Wildman–Crippen LogP) is 5.43. The van der Waals surface area contributed by atoms with Crippen molar-refractivity contribution in [3.05, 3.63) is 70.4 Å². The summed E-state index contributed by atoms with van der Waals surface area (Å²) in [5.74, 6) is -0.855. The summed E-state index contributed by atoms with van der Waals surface area (Å²) in [6.45, 7) is 5.34. The van der Waals surface area contributed by atoms with Crippen molar-refractivity contribution >= 4 is 16.9 Å². The van der Waals surface area contributed by atoms with Crippen LogP contribution >= 0.6 is 0 Å². The molecule has 2 aromatic carbocycles. The number of fused-ring (bicyclic) bond motifs is 1. The highest BCUT2D eigenvalue weighted by molar-refractivity contribution is 5.98. The highest BCUT2D eigenvalue weighted by Crippen LogP contribution is 2.29. The number of hydrogen-bond donors (Lipinski definition) is 2. The Kier molecular flexibility index (Phi) is 5.72. The number of carboxylic acid groups (broad SMARTS) is 1. The molecule has 4 nitrogen and oxygen atoms in total. The van der Waals surface area contributed by atoms with Gasteiger partial charge in [0.05, 0.1) is 0 Å². The standard InChI is InChI=1S/C25H30N2O2/c1-17-12-13-18(2)19(14-17)16-27-23-11-7-6-10-21(23)22(24(27)25(28)29)15-26-20-8-4-3-5-9-20/h6-7,10-14,20,26H,3-5,8-9,15-16H2,1-2H3,(H,28,29). The van der Waals surface area contributed by atoms with Crippen LogP contribution in [0.15, 0.2) is 42.5 Å². The lowest BCUT2D eigenvalue weighted by Gasteiger charge is -2.23. The Morgan fingerprint density at radius 3 is 2.62 bits per heavy atom. The molecular weight excluding hydrogens is 360 g/mol. The van der Waals surface area contributed by atoms with Crippen molar-refractivity contribution in [2.45, 2.75) is 65.1 Å². The average molecular weight is 391 g/mol. The number of para-hydroxylation sites is 1. The molecule has 0 unspecified atom stereocenters. The summed E-state index contributed by atoms with van der Waals surface area (Å²) in [5.41, 5.74) is 5.86. The molecule has 0 saturated heterocycles. The third-order valence-corrected chi connectivity index (χ3v) is 6.28. The lowest BCUT2D eigenvalue weighted by atomic mass is 9.95. The van der Waals surface area contributed by atoms with E-state index in [4.69, 9.17) is 0 Å². The van der Waals surface area contributed by atoms with Gasteiger partial charge in [-0.15, -0.1) is 0 Å². The molecule has 1 saturated carbocycles. The van der Waals surface area contributed by atoms with Gasteiger partial charge in [0.15, 0.2) is 0 Å². The normalized spacial score (nSPS) is 15.1. The summed E-state index contributed by atoms with van der Waals surface area (Å²) in [5, 5.41) is 14.8. The number of nitrogens with one attached hydrogen (secondary N) is 1. The van der Waals surface area contributed by atoms with Crippen LogP contribution in [0.2, 0.25) is 0 Å². The van der Waals surface area contributed by atoms with E-state index < -0.39 is 5.97 Å². The van der Waals surface area contributed by atoms with E-state index in [0.29, 0.717) is 24.8 Å². The Labute approximate surface area is 172 Å². The second kappa shape index (κ2) is 8.42. The van der Waals surface area contributed by atoms with Crippen molar-refractivity contribution in [3.8, 4) is 0 Å². The molecule has 1 aromatic heterocycles. The van der Waals surface area contributed by atoms with Crippen molar-refractivity contribution in [2.75, 3.05) is 0 Å². The zero-order chi connectivity index (χ0) is 20.4. The molecule has 4 rings (SSSR count). The molecule has 0 radical (unpaired) electrons. The van der Waals surface area contributed by atoms with Gasteiger partial charge in [-0.2, -0.15) is 0 Å². The number of rotatable bonds is 6. The van der Waals surface area contributed by atoms with E-state index in [1.807, 2.05) is 22.8 Å². The molecule has 2 N–H and O–H groups in total. The molecule has 0 aliphatic heterocycles. The first-order valence-corrected chi connectivity index (χ1v) is 10.7. The third kappa shape index (κ3) is 4.08. The zero-order valence-electron chi connectivity index (χ0n) is 17.4. The Balaban J connectivity index is 1.76. The summed E-state index contributed by atoms with van der Waals surface area (Å²) < 4.78 is 1.98. The molecule has 0 atom stereocenters. The van der Waals surface area contributed by atoms with E-state index in [-0.39, 0.29) is 0 Å². The van der Waals surface area contributed by atoms with Crippen molar-refractivity contribution in [3.63, 3.8) is 0 Å². The van der Waals surface area contributed by atoms with Gasteiger partial charge in [0.2, 0.25) is 0 Å². The minimum atomic E-state index is -0.855. The van der Waals surface area contributed by atoms with Crippen LogP contribution in [0, 0.1) is 13.8 Å².